The van der Waals surface area contributed by atoms with Crippen molar-refractivity contribution in [1.82, 2.24) is 10.2 Å². The lowest BCUT2D eigenvalue weighted by atomic mass is 10.3. The second-order valence-corrected chi connectivity index (χ2v) is 7.34. The summed E-state index contributed by atoms with van der Waals surface area (Å²) in [7, 11) is 2.11. The Morgan fingerprint density at radius 1 is 1.27 bits per heavy atom. The fourth-order valence-electron chi connectivity index (χ4n) is 2.03. The van der Waals surface area contributed by atoms with E-state index in [1.165, 1.54) is 14.6 Å². The number of nitrogens with one attached hydrogen (secondary N) is 1. The van der Waals surface area contributed by atoms with Gasteiger partial charge in [-0.25, -0.2) is 4.99 Å². The van der Waals surface area contributed by atoms with Gasteiger partial charge in [-0.05, 0) is 43.8 Å². The molecule has 2 aromatic heterocycles. The number of guanidine groups is 1. The minimum Gasteiger partial charge on any atom is -0.357 e. The van der Waals surface area contributed by atoms with Gasteiger partial charge in [0, 0.05) is 34.8 Å². The zero-order chi connectivity index (χ0) is 15.1. The van der Waals surface area contributed by atoms with Gasteiger partial charge in [-0.1, -0.05) is 6.07 Å². The summed E-state index contributed by atoms with van der Waals surface area (Å²) >= 11 is 3.64. The number of likely N-dealkylation sites (N-methyl/N-ethyl adjacent to an activating group) is 1. The third kappa shape index (κ3) is 6.26. The Kier molecular flexibility index (Phi) is 9.04. The summed E-state index contributed by atoms with van der Waals surface area (Å²) in [6.07, 6.45) is 1.07. The maximum absolute atomic E-state index is 4.74. The van der Waals surface area contributed by atoms with Gasteiger partial charge in [0.05, 0.1) is 6.54 Å². The number of hydrogen-bond acceptors (Lipinski definition) is 3. The highest BCUT2D eigenvalue weighted by Gasteiger charge is 2.06. The van der Waals surface area contributed by atoms with E-state index in [1.807, 2.05) is 22.7 Å². The van der Waals surface area contributed by atoms with Crippen LogP contribution in [0.1, 0.15) is 21.6 Å². The Balaban J connectivity index is 0.00000242. The van der Waals surface area contributed by atoms with E-state index in [2.05, 4.69) is 60.8 Å². The summed E-state index contributed by atoms with van der Waals surface area (Å²) in [5.41, 5.74) is 0. The van der Waals surface area contributed by atoms with Crippen molar-refractivity contribution in [3.63, 3.8) is 0 Å². The maximum atomic E-state index is 4.74. The van der Waals surface area contributed by atoms with Crippen molar-refractivity contribution in [2.24, 2.45) is 4.99 Å². The van der Waals surface area contributed by atoms with Gasteiger partial charge in [-0.3, -0.25) is 0 Å². The minimum atomic E-state index is 0. The molecule has 22 heavy (non-hydrogen) atoms. The van der Waals surface area contributed by atoms with E-state index in [-0.39, 0.29) is 24.0 Å². The number of hydrogen-bond donors (Lipinski definition) is 1. The molecule has 122 valence electrons. The third-order valence-corrected chi connectivity index (χ3v) is 5.07. The smallest absolute Gasteiger partial charge is 0.194 e. The van der Waals surface area contributed by atoms with Crippen molar-refractivity contribution in [2.45, 2.75) is 26.8 Å². The number of thiophene rings is 2. The first-order chi connectivity index (χ1) is 10.2. The van der Waals surface area contributed by atoms with Gasteiger partial charge in [0.2, 0.25) is 0 Å². The molecule has 0 saturated heterocycles. The van der Waals surface area contributed by atoms with Crippen LogP contribution in [0.2, 0.25) is 0 Å². The lowest BCUT2D eigenvalue weighted by molar-refractivity contribution is 0.487. The van der Waals surface area contributed by atoms with Crippen molar-refractivity contribution in [2.75, 3.05) is 20.1 Å². The number of halogens is 1. The average molecular weight is 449 g/mol. The van der Waals surface area contributed by atoms with Crippen LogP contribution in [0.5, 0.6) is 0 Å². The van der Waals surface area contributed by atoms with Crippen molar-refractivity contribution >= 4 is 52.6 Å². The highest BCUT2D eigenvalue weighted by atomic mass is 127. The third-order valence-electron chi connectivity index (χ3n) is 3.15. The molecule has 2 heterocycles. The fourth-order valence-corrected chi connectivity index (χ4v) is 3.54. The summed E-state index contributed by atoms with van der Waals surface area (Å²) in [4.78, 5) is 11.0. The Morgan fingerprint density at radius 2 is 2.09 bits per heavy atom. The molecule has 0 aliphatic rings. The lowest BCUT2D eigenvalue weighted by Gasteiger charge is -2.21. The SMILES string of the molecule is CCNC(=NCc1ccc(C)s1)N(C)CCc1cccs1.I. The molecule has 1 N–H and O–H groups in total. The maximum Gasteiger partial charge on any atom is 0.194 e. The number of nitrogens with zero attached hydrogens (tertiary/aromatic N) is 2. The molecule has 0 aromatic carbocycles. The van der Waals surface area contributed by atoms with Crippen LogP contribution >= 0.6 is 46.7 Å². The summed E-state index contributed by atoms with van der Waals surface area (Å²) in [5, 5.41) is 5.51. The van der Waals surface area contributed by atoms with E-state index in [4.69, 9.17) is 4.99 Å². The van der Waals surface area contributed by atoms with E-state index < -0.39 is 0 Å². The molecule has 2 rings (SSSR count). The zero-order valence-electron chi connectivity index (χ0n) is 13.3. The van der Waals surface area contributed by atoms with E-state index in [0.717, 1.165) is 32.0 Å². The minimum absolute atomic E-state index is 0. The first kappa shape index (κ1) is 19.4. The highest BCUT2D eigenvalue weighted by molar-refractivity contribution is 14.0. The molecule has 0 unspecified atom stereocenters. The Morgan fingerprint density at radius 3 is 2.68 bits per heavy atom. The zero-order valence-corrected chi connectivity index (χ0v) is 17.3. The van der Waals surface area contributed by atoms with Crippen molar-refractivity contribution in [1.29, 1.82) is 0 Å². The Hall–Kier alpha value is -0.600. The van der Waals surface area contributed by atoms with Crippen LogP contribution in [-0.4, -0.2) is 31.0 Å². The molecule has 0 aliphatic carbocycles. The summed E-state index contributed by atoms with van der Waals surface area (Å²) in [6, 6.07) is 8.62. The fraction of sp³-hybridized carbons (Fsp3) is 0.438. The molecular weight excluding hydrogens is 425 g/mol. The van der Waals surface area contributed by atoms with Gasteiger partial charge in [-0.15, -0.1) is 46.7 Å². The molecule has 0 aliphatic heterocycles. The van der Waals surface area contributed by atoms with Crippen molar-refractivity contribution < 1.29 is 0 Å². The first-order valence-electron chi connectivity index (χ1n) is 7.26. The largest absolute Gasteiger partial charge is 0.357 e. The van der Waals surface area contributed by atoms with Crippen molar-refractivity contribution in [3.8, 4) is 0 Å². The van der Waals surface area contributed by atoms with Gasteiger partial charge < -0.3 is 10.2 Å². The van der Waals surface area contributed by atoms with Crippen LogP contribution in [0.15, 0.2) is 34.6 Å². The summed E-state index contributed by atoms with van der Waals surface area (Å²) in [5.74, 6) is 0.986. The van der Waals surface area contributed by atoms with Crippen LogP contribution in [0.3, 0.4) is 0 Å². The molecule has 0 atom stereocenters. The van der Waals surface area contributed by atoms with E-state index in [9.17, 15) is 0 Å². The Bertz CT molecular complexity index is 564. The molecule has 6 heteroatoms. The number of aliphatic imine (C=N–C) groups is 1. The molecule has 3 nitrogen and oxygen atoms in total. The van der Waals surface area contributed by atoms with Crippen LogP contribution in [0, 0.1) is 6.92 Å². The molecule has 0 radical (unpaired) electrons. The predicted octanol–water partition coefficient (Wildman–Crippen LogP) is 4.38. The standard InChI is InChI=1S/C16H23N3S2.HI/c1-4-17-16(18-12-15-8-7-13(2)21-15)19(3)10-9-14-6-5-11-20-14;/h5-8,11H,4,9-10,12H2,1-3H3,(H,17,18);1H. The quantitative estimate of drug-likeness (QED) is 0.403. The van der Waals surface area contributed by atoms with Gasteiger partial charge in [0.15, 0.2) is 5.96 Å². The van der Waals surface area contributed by atoms with Crippen LogP contribution in [-0.2, 0) is 13.0 Å². The van der Waals surface area contributed by atoms with E-state index in [0.29, 0.717) is 0 Å². The van der Waals surface area contributed by atoms with Crippen molar-refractivity contribution in [3.05, 3.63) is 44.3 Å². The van der Waals surface area contributed by atoms with Crippen LogP contribution in [0.4, 0.5) is 0 Å². The normalized spacial score (nSPS) is 11.1. The Labute approximate surface area is 158 Å². The molecule has 2 aromatic rings. The second-order valence-electron chi connectivity index (χ2n) is 4.93. The lowest BCUT2D eigenvalue weighted by Crippen LogP contribution is -2.39. The molecule has 0 spiro atoms. The van der Waals surface area contributed by atoms with Gasteiger partial charge in [-0.2, -0.15) is 0 Å². The molecule has 0 bridgehead atoms. The number of rotatable bonds is 6. The molecular formula is C16H24IN3S2. The highest BCUT2D eigenvalue weighted by Crippen LogP contribution is 2.16. The van der Waals surface area contributed by atoms with Gasteiger partial charge in [0.1, 0.15) is 0 Å². The summed E-state index contributed by atoms with van der Waals surface area (Å²) in [6.45, 7) is 6.87. The van der Waals surface area contributed by atoms with Crippen LogP contribution in [0.25, 0.3) is 0 Å². The topological polar surface area (TPSA) is 27.6 Å². The van der Waals surface area contributed by atoms with E-state index >= 15 is 0 Å². The second kappa shape index (κ2) is 10.2. The molecule has 0 amide bonds. The summed E-state index contributed by atoms with van der Waals surface area (Å²) < 4.78 is 0. The molecule has 0 fully saturated rings. The first-order valence-corrected chi connectivity index (χ1v) is 8.95. The predicted molar refractivity (Wildman–Crippen MR) is 110 cm³/mol. The molecule has 0 saturated carbocycles. The van der Waals surface area contributed by atoms with Gasteiger partial charge >= 0.3 is 0 Å². The average Bonchev–Trinajstić information content (AvgIpc) is 3.12. The van der Waals surface area contributed by atoms with Gasteiger partial charge in [0.25, 0.3) is 0 Å². The monoisotopic (exact) mass is 449 g/mol. The van der Waals surface area contributed by atoms with E-state index in [1.54, 1.807) is 0 Å². The number of aryl methyl sites for hydroxylation is 1. The van der Waals surface area contributed by atoms with Crippen LogP contribution < -0.4 is 5.32 Å².